The number of allylic oxidation sites excluding steroid dienone is 4. The first-order valence-corrected chi connectivity index (χ1v) is 13.1. The van der Waals surface area contributed by atoms with Gasteiger partial charge >= 0.3 is 0 Å². The molecular weight excluding hydrogens is 404 g/mol. The van der Waals surface area contributed by atoms with Gasteiger partial charge in [0.2, 0.25) is 0 Å². The Morgan fingerprint density at radius 1 is 1.32 bits per heavy atom. The highest BCUT2D eigenvalue weighted by molar-refractivity contribution is 7.91. The average Bonchev–Trinajstić information content (AvgIpc) is 2.70. The molecule has 31 heavy (non-hydrogen) atoms. The molecule has 0 aromatic carbocycles. The average molecular weight is 443 g/mol. The number of hydrogen-bond acceptors (Lipinski definition) is 4. The van der Waals surface area contributed by atoms with Crippen LogP contribution >= 0.6 is 0 Å². The maximum absolute atomic E-state index is 11.9. The first-order valence-electron chi connectivity index (χ1n) is 11.3. The van der Waals surface area contributed by atoms with Crippen molar-refractivity contribution in [2.24, 2.45) is 16.8 Å². The Kier molecular flexibility index (Phi) is 8.99. The number of sulfone groups is 1. The zero-order valence-electron chi connectivity index (χ0n) is 20.0. The second-order valence-corrected chi connectivity index (χ2v) is 11.1. The lowest BCUT2D eigenvalue weighted by Gasteiger charge is -2.23. The zero-order chi connectivity index (χ0) is 23.2. The molecule has 0 radical (unpaired) electrons. The van der Waals surface area contributed by atoms with Gasteiger partial charge in [-0.2, -0.15) is 0 Å². The lowest BCUT2D eigenvalue weighted by molar-refractivity contribution is 0.429. The molecule has 1 aliphatic heterocycles. The van der Waals surface area contributed by atoms with Crippen LogP contribution in [0.25, 0.3) is 5.57 Å². The number of aliphatic imine (C=N–C) groups is 1. The van der Waals surface area contributed by atoms with Crippen LogP contribution in [0.5, 0.6) is 0 Å². The van der Waals surface area contributed by atoms with Crippen LogP contribution in [-0.2, 0) is 9.84 Å². The number of rotatable bonds is 9. The molecule has 1 aromatic rings. The molecule has 0 spiro atoms. The van der Waals surface area contributed by atoms with Crippen LogP contribution in [0, 0.1) is 25.7 Å². The number of aryl methyl sites for hydroxylation is 1. The first kappa shape index (κ1) is 25.3. The van der Waals surface area contributed by atoms with Gasteiger partial charge in [0.15, 0.2) is 9.84 Å². The summed E-state index contributed by atoms with van der Waals surface area (Å²) in [6, 6.07) is 2.07. The summed E-state index contributed by atoms with van der Waals surface area (Å²) in [5.74, 6) is 1.30. The zero-order valence-corrected chi connectivity index (χ0v) is 20.8. The fourth-order valence-corrected chi connectivity index (χ4v) is 5.69. The SMILES string of the molecule is C=C/C=C(/C(=N/C)c1nc(C)cc(C2=CCS(=O)(=O)CC2)c1C)C(C)CC(C)CCC. The molecule has 1 aromatic heterocycles. The van der Waals surface area contributed by atoms with Crippen LogP contribution in [0.4, 0.5) is 0 Å². The summed E-state index contributed by atoms with van der Waals surface area (Å²) in [6.45, 7) is 14.8. The molecule has 4 nitrogen and oxygen atoms in total. The van der Waals surface area contributed by atoms with Crippen molar-refractivity contribution in [2.45, 2.75) is 60.3 Å². The quantitative estimate of drug-likeness (QED) is 0.354. The van der Waals surface area contributed by atoms with Crippen LogP contribution in [0.15, 0.2) is 41.4 Å². The van der Waals surface area contributed by atoms with Crippen molar-refractivity contribution in [1.82, 2.24) is 4.98 Å². The normalized spacial score (nSPS) is 19.0. The Morgan fingerprint density at radius 3 is 2.58 bits per heavy atom. The van der Waals surface area contributed by atoms with Crippen molar-refractivity contribution in [3.05, 3.63) is 59.0 Å². The van der Waals surface area contributed by atoms with Crippen molar-refractivity contribution in [1.29, 1.82) is 0 Å². The Balaban J connectivity index is 2.51. The third-order valence-electron chi connectivity index (χ3n) is 6.10. The maximum Gasteiger partial charge on any atom is 0.154 e. The molecule has 0 saturated carbocycles. The Hall–Kier alpha value is -2.01. The van der Waals surface area contributed by atoms with Crippen LogP contribution in [-0.4, -0.2) is 37.7 Å². The summed E-state index contributed by atoms with van der Waals surface area (Å²) in [5.41, 5.74) is 7.10. The maximum atomic E-state index is 11.9. The molecule has 0 aliphatic carbocycles. The summed E-state index contributed by atoms with van der Waals surface area (Å²) >= 11 is 0. The molecule has 0 fully saturated rings. The van der Waals surface area contributed by atoms with Crippen molar-refractivity contribution >= 4 is 21.1 Å². The standard InChI is InChI=1S/C26H38N2O2S/c1-8-10-18(3)16-19(4)23(11-9-2)26(27-7)25-21(6)24(17-20(5)28-25)22-12-14-31(29,30)15-13-22/h9,11-12,17-19H,2,8,10,13-16H2,1,3-7H3/b23-11+,27-26-. The van der Waals surface area contributed by atoms with E-state index < -0.39 is 9.84 Å². The van der Waals surface area contributed by atoms with Gasteiger partial charge < -0.3 is 0 Å². The van der Waals surface area contributed by atoms with Gasteiger partial charge in [-0.15, -0.1) is 0 Å². The minimum Gasteiger partial charge on any atom is -0.286 e. The molecule has 2 heterocycles. The van der Waals surface area contributed by atoms with Gasteiger partial charge in [0.1, 0.15) is 0 Å². The molecule has 0 N–H and O–H groups in total. The van der Waals surface area contributed by atoms with E-state index in [4.69, 9.17) is 4.98 Å². The van der Waals surface area contributed by atoms with Crippen molar-refractivity contribution in [3.63, 3.8) is 0 Å². The molecule has 2 rings (SSSR count). The Morgan fingerprint density at radius 2 is 2.03 bits per heavy atom. The fraction of sp³-hybridized carbons (Fsp3) is 0.538. The summed E-state index contributed by atoms with van der Waals surface area (Å²) in [5, 5.41) is 0. The van der Waals surface area contributed by atoms with E-state index in [0.29, 0.717) is 18.3 Å². The lowest BCUT2D eigenvalue weighted by atomic mass is 9.84. The molecule has 170 valence electrons. The molecular formula is C26H38N2O2S. The van der Waals surface area contributed by atoms with Crippen LogP contribution < -0.4 is 0 Å². The largest absolute Gasteiger partial charge is 0.286 e. The molecule has 2 unspecified atom stereocenters. The Bertz CT molecular complexity index is 1000. The topological polar surface area (TPSA) is 59.4 Å². The molecule has 5 heteroatoms. The van der Waals surface area contributed by atoms with E-state index in [1.807, 2.05) is 26.1 Å². The van der Waals surface area contributed by atoms with Gasteiger partial charge in [-0.3, -0.25) is 9.98 Å². The summed E-state index contributed by atoms with van der Waals surface area (Å²) in [6.07, 6.45) is 9.81. The van der Waals surface area contributed by atoms with Crippen molar-refractivity contribution < 1.29 is 8.42 Å². The van der Waals surface area contributed by atoms with Crippen LogP contribution in [0.2, 0.25) is 0 Å². The second-order valence-electron chi connectivity index (χ2n) is 8.84. The monoisotopic (exact) mass is 442 g/mol. The van der Waals surface area contributed by atoms with Gasteiger partial charge in [-0.1, -0.05) is 58.4 Å². The third-order valence-corrected chi connectivity index (χ3v) is 7.60. The molecule has 2 atom stereocenters. The smallest absolute Gasteiger partial charge is 0.154 e. The first-order chi connectivity index (χ1) is 14.6. The van der Waals surface area contributed by atoms with Crippen LogP contribution in [0.3, 0.4) is 0 Å². The van der Waals surface area contributed by atoms with Gasteiger partial charge in [-0.25, -0.2) is 8.42 Å². The minimum absolute atomic E-state index is 0.112. The Labute approximate surface area is 189 Å². The van der Waals surface area contributed by atoms with E-state index in [9.17, 15) is 8.42 Å². The van der Waals surface area contributed by atoms with Crippen molar-refractivity contribution in [2.75, 3.05) is 18.6 Å². The number of nitrogens with zero attached hydrogens (tertiary/aromatic N) is 2. The van der Waals surface area contributed by atoms with E-state index in [1.165, 1.54) is 12.8 Å². The van der Waals surface area contributed by atoms with Gasteiger partial charge in [0.25, 0.3) is 0 Å². The summed E-state index contributed by atoms with van der Waals surface area (Å²) in [4.78, 5) is 9.56. The molecule has 0 saturated heterocycles. The van der Waals surface area contributed by atoms with E-state index in [0.717, 1.165) is 45.8 Å². The minimum atomic E-state index is -2.96. The number of aromatic nitrogens is 1. The van der Waals surface area contributed by atoms with Gasteiger partial charge in [-0.05, 0) is 66.9 Å². The molecule has 0 amide bonds. The fourth-order valence-electron chi connectivity index (χ4n) is 4.54. The van der Waals surface area contributed by atoms with E-state index in [1.54, 1.807) is 0 Å². The summed E-state index contributed by atoms with van der Waals surface area (Å²) in [7, 11) is -1.14. The molecule has 1 aliphatic rings. The molecule has 0 bridgehead atoms. The predicted molar refractivity (Wildman–Crippen MR) is 134 cm³/mol. The highest BCUT2D eigenvalue weighted by Gasteiger charge is 2.24. The van der Waals surface area contributed by atoms with Crippen molar-refractivity contribution in [3.8, 4) is 0 Å². The lowest BCUT2D eigenvalue weighted by Crippen LogP contribution is -2.19. The number of hydrogen-bond donors (Lipinski definition) is 0. The van der Waals surface area contributed by atoms with Gasteiger partial charge in [0, 0.05) is 12.7 Å². The van der Waals surface area contributed by atoms with Gasteiger partial charge in [0.05, 0.1) is 22.9 Å². The van der Waals surface area contributed by atoms with Crippen LogP contribution in [0.1, 0.15) is 69.0 Å². The summed E-state index contributed by atoms with van der Waals surface area (Å²) < 4.78 is 23.8. The highest BCUT2D eigenvalue weighted by Crippen LogP contribution is 2.31. The number of pyridine rings is 1. The second kappa shape index (κ2) is 11.0. The third kappa shape index (κ3) is 6.49. The predicted octanol–water partition coefficient (Wildman–Crippen LogP) is 5.89. The highest BCUT2D eigenvalue weighted by atomic mass is 32.2. The van der Waals surface area contributed by atoms with E-state index in [2.05, 4.69) is 51.4 Å². The van der Waals surface area contributed by atoms with E-state index >= 15 is 0 Å². The van der Waals surface area contributed by atoms with E-state index in [-0.39, 0.29) is 11.5 Å².